The number of rotatable bonds is 4. The van der Waals surface area contributed by atoms with Gasteiger partial charge in [0, 0.05) is 26.1 Å². The molecule has 1 amide bonds. The van der Waals surface area contributed by atoms with Gasteiger partial charge in [0.1, 0.15) is 11.6 Å². The molecule has 1 aromatic heterocycles. The van der Waals surface area contributed by atoms with Crippen LogP contribution in [0.3, 0.4) is 0 Å². The Balaban J connectivity index is 1.68. The monoisotopic (exact) mass is 292 g/mol. The fourth-order valence-corrected chi connectivity index (χ4v) is 3.22. The van der Waals surface area contributed by atoms with E-state index in [1.807, 2.05) is 0 Å². The maximum atomic E-state index is 12.6. The van der Waals surface area contributed by atoms with E-state index in [1.54, 1.807) is 6.20 Å². The predicted molar refractivity (Wildman–Crippen MR) is 80.3 cm³/mol. The average Bonchev–Trinajstić information content (AvgIpc) is 2.92. The van der Waals surface area contributed by atoms with Crippen molar-refractivity contribution in [2.24, 2.45) is 0 Å². The minimum absolute atomic E-state index is 0.0765. The van der Waals surface area contributed by atoms with Crippen LogP contribution in [0, 0.1) is 0 Å². The topological polar surface area (TPSA) is 59.4 Å². The minimum atomic E-state index is -0.0800. The van der Waals surface area contributed by atoms with Crippen molar-refractivity contribution in [1.82, 2.24) is 14.5 Å². The first-order chi connectivity index (χ1) is 10.3. The van der Waals surface area contributed by atoms with Crippen molar-refractivity contribution in [3.05, 3.63) is 12.0 Å². The number of morpholine rings is 1. The average molecular weight is 292 g/mol. The Kier molecular flexibility index (Phi) is 4.55. The summed E-state index contributed by atoms with van der Waals surface area (Å²) in [5.74, 6) is 2.02. The highest BCUT2D eigenvalue weighted by Gasteiger charge is 2.27. The van der Waals surface area contributed by atoms with Crippen LogP contribution in [-0.2, 0) is 22.5 Å². The van der Waals surface area contributed by atoms with Crippen molar-refractivity contribution in [3.8, 4) is 0 Å². The van der Waals surface area contributed by atoms with E-state index < -0.39 is 0 Å². The number of hydrogen-bond donors (Lipinski definition) is 1. The van der Waals surface area contributed by atoms with Crippen molar-refractivity contribution >= 4 is 11.7 Å². The molecule has 1 aromatic rings. The molecule has 0 aliphatic carbocycles. The summed E-state index contributed by atoms with van der Waals surface area (Å²) in [6, 6.07) is -0.0800. The zero-order valence-corrected chi connectivity index (χ0v) is 12.7. The van der Waals surface area contributed by atoms with Gasteiger partial charge in [0.05, 0.1) is 25.5 Å². The third-order valence-corrected chi connectivity index (χ3v) is 4.40. The molecule has 2 aliphatic rings. The summed E-state index contributed by atoms with van der Waals surface area (Å²) in [5, 5.41) is 3.08. The number of aromatic nitrogens is 2. The van der Waals surface area contributed by atoms with E-state index in [2.05, 4.69) is 26.7 Å². The Morgan fingerprint density at radius 1 is 1.38 bits per heavy atom. The van der Waals surface area contributed by atoms with Crippen molar-refractivity contribution in [1.29, 1.82) is 0 Å². The Morgan fingerprint density at radius 3 is 2.95 bits per heavy atom. The predicted octanol–water partition coefficient (Wildman–Crippen LogP) is 1.27. The third kappa shape index (κ3) is 3.11. The van der Waals surface area contributed by atoms with E-state index in [9.17, 15) is 4.79 Å². The molecule has 0 spiro atoms. The van der Waals surface area contributed by atoms with Crippen LogP contribution in [-0.4, -0.2) is 52.7 Å². The number of carbonyl (C=O) groups is 1. The molecule has 116 valence electrons. The molecule has 1 fully saturated rings. The normalized spacial score (nSPS) is 20.8. The lowest BCUT2D eigenvalue weighted by Crippen LogP contribution is -2.49. The number of anilines is 1. The van der Waals surface area contributed by atoms with Gasteiger partial charge in [-0.3, -0.25) is 9.69 Å². The second-order valence-electron chi connectivity index (χ2n) is 5.73. The summed E-state index contributed by atoms with van der Waals surface area (Å²) in [4.78, 5) is 19.2. The SMILES string of the molecule is CC[C@H](C(=O)Nc1cnc2n1CCCC2)N1CCOCC1. The van der Waals surface area contributed by atoms with Crippen molar-refractivity contribution in [3.63, 3.8) is 0 Å². The van der Waals surface area contributed by atoms with Gasteiger partial charge in [-0.05, 0) is 19.3 Å². The number of carbonyl (C=O) groups excluding carboxylic acids is 1. The summed E-state index contributed by atoms with van der Waals surface area (Å²) in [6.07, 6.45) is 5.97. The lowest BCUT2D eigenvalue weighted by atomic mass is 10.1. The number of nitrogens with zero attached hydrogens (tertiary/aromatic N) is 3. The van der Waals surface area contributed by atoms with Gasteiger partial charge in [0.25, 0.3) is 0 Å². The Morgan fingerprint density at radius 2 is 2.19 bits per heavy atom. The highest BCUT2D eigenvalue weighted by Crippen LogP contribution is 2.20. The molecule has 2 aliphatic heterocycles. The molecule has 1 atom stereocenters. The number of hydrogen-bond acceptors (Lipinski definition) is 4. The number of imidazole rings is 1. The molecule has 0 saturated carbocycles. The zero-order chi connectivity index (χ0) is 14.7. The molecule has 0 bridgehead atoms. The summed E-state index contributed by atoms with van der Waals surface area (Å²) in [5.41, 5.74) is 0. The van der Waals surface area contributed by atoms with Gasteiger partial charge in [-0.15, -0.1) is 0 Å². The first kappa shape index (κ1) is 14.5. The van der Waals surface area contributed by atoms with Gasteiger partial charge in [0.15, 0.2) is 0 Å². The van der Waals surface area contributed by atoms with Gasteiger partial charge in [0.2, 0.25) is 5.91 Å². The van der Waals surface area contributed by atoms with Crippen LogP contribution in [0.4, 0.5) is 5.82 Å². The number of amides is 1. The lowest BCUT2D eigenvalue weighted by molar-refractivity contribution is -0.123. The third-order valence-electron chi connectivity index (χ3n) is 4.40. The summed E-state index contributed by atoms with van der Waals surface area (Å²) in [6.45, 7) is 6.11. The molecular weight excluding hydrogens is 268 g/mol. The lowest BCUT2D eigenvalue weighted by Gasteiger charge is -2.33. The van der Waals surface area contributed by atoms with Crippen LogP contribution in [0.5, 0.6) is 0 Å². The molecule has 1 saturated heterocycles. The fraction of sp³-hybridized carbons (Fsp3) is 0.733. The first-order valence-electron chi connectivity index (χ1n) is 7.96. The highest BCUT2D eigenvalue weighted by molar-refractivity contribution is 5.94. The molecule has 0 radical (unpaired) electrons. The number of ether oxygens (including phenoxy) is 1. The van der Waals surface area contributed by atoms with E-state index in [0.29, 0.717) is 13.2 Å². The van der Waals surface area contributed by atoms with Gasteiger partial charge < -0.3 is 14.6 Å². The quantitative estimate of drug-likeness (QED) is 0.908. The van der Waals surface area contributed by atoms with Crippen LogP contribution in [0.15, 0.2) is 6.20 Å². The second kappa shape index (κ2) is 6.58. The number of fused-ring (bicyclic) bond motifs is 1. The largest absolute Gasteiger partial charge is 0.379 e. The van der Waals surface area contributed by atoms with Crippen molar-refractivity contribution in [2.45, 2.75) is 45.2 Å². The minimum Gasteiger partial charge on any atom is -0.379 e. The van der Waals surface area contributed by atoms with Gasteiger partial charge >= 0.3 is 0 Å². The smallest absolute Gasteiger partial charge is 0.242 e. The molecular formula is C15H24N4O2. The number of aryl methyl sites for hydroxylation is 1. The molecule has 6 nitrogen and oxygen atoms in total. The van der Waals surface area contributed by atoms with Crippen LogP contribution >= 0.6 is 0 Å². The Hall–Kier alpha value is -1.40. The van der Waals surface area contributed by atoms with Crippen LogP contribution in [0.25, 0.3) is 0 Å². The molecule has 0 aromatic carbocycles. The van der Waals surface area contributed by atoms with Gasteiger partial charge in [-0.25, -0.2) is 4.98 Å². The standard InChI is InChI=1S/C15H24N4O2/c1-2-12(18-7-9-21-10-8-18)15(20)17-14-11-16-13-5-3-4-6-19(13)14/h11-12H,2-10H2,1H3,(H,17,20)/t12-/m1/s1. The van der Waals surface area contributed by atoms with Gasteiger partial charge in [-0.2, -0.15) is 0 Å². The molecule has 3 heterocycles. The molecule has 6 heteroatoms. The maximum Gasteiger partial charge on any atom is 0.242 e. The molecule has 0 unspecified atom stereocenters. The Bertz CT molecular complexity index is 494. The molecule has 3 rings (SSSR count). The van der Waals surface area contributed by atoms with E-state index in [-0.39, 0.29) is 11.9 Å². The van der Waals surface area contributed by atoms with Crippen molar-refractivity contribution in [2.75, 3.05) is 31.6 Å². The molecule has 21 heavy (non-hydrogen) atoms. The van der Waals surface area contributed by atoms with E-state index >= 15 is 0 Å². The van der Waals surface area contributed by atoms with Crippen LogP contribution in [0.2, 0.25) is 0 Å². The highest BCUT2D eigenvalue weighted by atomic mass is 16.5. The van der Waals surface area contributed by atoms with E-state index in [4.69, 9.17) is 4.74 Å². The van der Waals surface area contributed by atoms with Gasteiger partial charge in [-0.1, -0.05) is 6.92 Å². The van der Waals surface area contributed by atoms with Crippen molar-refractivity contribution < 1.29 is 9.53 Å². The second-order valence-corrected chi connectivity index (χ2v) is 5.73. The fourth-order valence-electron chi connectivity index (χ4n) is 3.22. The summed E-state index contributed by atoms with van der Waals surface area (Å²) in [7, 11) is 0. The summed E-state index contributed by atoms with van der Waals surface area (Å²) < 4.78 is 7.51. The Labute approximate surface area is 125 Å². The zero-order valence-electron chi connectivity index (χ0n) is 12.7. The summed E-state index contributed by atoms with van der Waals surface area (Å²) >= 11 is 0. The van der Waals surface area contributed by atoms with E-state index in [1.165, 1.54) is 6.42 Å². The van der Waals surface area contributed by atoms with Crippen LogP contribution < -0.4 is 5.32 Å². The maximum absolute atomic E-state index is 12.6. The molecule has 1 N–H and O–H groups in total. The van der Waals surface area contributed by atoms with E-state index in [0.717, 1.165) is 50.5 Å². The first-order valence-corrected chi connectivity index (χ1v) is 7.96. The van der Waals surface area contributed by atoms with Crippen LogP contribution in [0.1, 0.15) is 32.0 Å². The number of nitrogens with one attached hydrogen (secondary N) is 1.